The van der Waals surface area contributed by atoms with Gasteiger partial charge in [0.1, 0.15) is 0 Å². The van der Waals surface area contributed by atoms with Crippen LogP contribution in [-0.4, -0.2) is 27.9 Å². The van der Waals surface area contributed by atoms with Crippen LogP contribution in [0.15, 0.2) is 18.2 Å². The average Bonchev–Trinajstić information content (AvgIpc) is 2.43. The van der Waals surface area contributed by atoms with E-state index in [0.29, 0.717) is 9.13 Å². The molecule has 2 atom stereocenters. The number of nitro groups is 1. The van der Waals surface area contributed by atoms with E-state index < -0.39 is 4.92 Å². The van der Waals surface area contributed by atoms with Gasteiger partial charge in [-0.05, 0) is 55.3 Å². The van der Waals surface area contributed by atoms with E-state index in [-0.39, 0.29) is 23.7 Å². The van der Waals surface area contributed by atoms with Crippen molar-refractivity contribution in [3.8, 4) is 0 Å². The summed E-state index contributed by atoms with van der Waals surface area (Å²) in [7, 11) is 0. The highest BCUT2D eigenvalue weighted by molar-refractivity contribution is 14.1. The molecule has 1 aromatic rings. The van der Waals surface area contributed by atoms with Crippen LogP contribution >= 0.6 is 22.6 Å². The number of benzene rings is 1. The number of nitro benzene ring substituents is 1. The molecule has 0 radical (unpaired) electrons. The Hall–Kier alpha value is -1.22. The molecule has 1 aromatic carbocycles. The second-order valence-electron chi connectivity index (χ2n) is 5.40. The summed E-state index contributed by atoms with van der Waals surface area (Å²) in [6.07, 6.45) is 3.23. The normalized spacial score (nSPS) is 22.8. The van der Waals surface area contributed by atoms with E-state index in [2.05, 4.69) is 19.3 Å². The van der Waals surface area contributed by atoms with Crippen molar-refractivity contribution in [2.45, 2.75) is 45.2 Å². The first-order valence-corrected chi connectivity index (χ1v) is 8.01. The van der Waals surface area contributed by atoms with Gasteiger partial charge in [0.15, 0.2) is 0 Å². The highest BCUT2D eigenvalue weighted by Crippen LogP contribution is 2.23. The number of carbonyl (C=O) groups excluding carboxylic acids is 1. The predicted octanol–water partition coefficient (Wildman–Crippen LogP) is 3.11. The molecule has 1 aliphatic rings. The maximum absolute atomic E-state index is 12.4. The lowest BCUT2D eigenvalue weighted by Crippen LogP contribution is -2.54. The van der Waals surface area contributed by atoms with E-state index in [0.717, 1.165) is 19.3 Å². The Morgan fingerprint density at radius 2 is 2.00 bits per heavy atom. The zero-order valence-corrected chi connectivity index (χ0v) is 14.2. The minimum Gasteiger partial charge on any atom is -0.284 e. The third-order valence-corrected chi connectivity index (χ3v) is 4.77. The van der Waals surface area contributed by atoms with Gasteiger partial charge in [0.05, 0.1) is 10.5 Å². The maximum atomic E-state index is 12.4. The zero-order valence-electron chi connectivity index (χ0n) is 12.0. The number of nitrogens with zero attached hydrogens (tertiary/aromatic N) is 2. The van der Waals surface area contributed by atoms with E-state index in [1.165, 1.54) is 12.1 Å². The lowest BCUT2D eigenvalue weighted by molar-refractivity contribution is -0.384. The molecule has 1 N–H and O–H groups in total. The van der Waals surface area contributed by atoms with E-state index in [9.17, 15) is 14.9 Å². The summed E-state index contributed by atoms with van der Waals surface area (Å²) in [5.74, 6) is -0.288. The summed E-state index contributed by atoms with van der Waals surface area (Å²) in [6.45, 7) is 4.16. The molecule has 7 heteroatoms. The number of hydrogen-bond acceptors (Lipinski definition) is 4. The second-order valence-corrected chi connectivity index (χ2v) is 6.56. The van der Waals surface area contributed by atoms with Gasteiger partial charge in [0.25, 0.3) is 11.6 Å². The van der Waals surface area contributed by atoms with Crippen molar-refractivity contribution in [2.75, 3.05) is 0 Å². The monoisotopic (exact) mass is 403 g/mol. The third kappa shape index (κ3) is 3.70. The number of piperidine rings is 1. The number of nitrogens with one attached hydrogen (secondary N) is 1. The molecule has 1 fully saturated rings. The van der Waals surface area contributed by atoms with Gasteiger partial charge in [-0.3, -0.25) is 20.3 Å². The Morgan fingerprint density at radius 3 is 2.57 bits per heavy atom. The first kappa shape index (κ1) is 16.2. The van der Waals surface area contributed by atoms with E-state index in [1.54, 1.807) is 6.07 Å². The van der Waals surface area contributed by atoms with Gasteiger partial charge in [0.2, 0.25) is 0 Å². The predicted molar refractivity (Wildman–Crippen MR) is 87.9 cm³/mol. The van der Waals surface area contributed by atoms with Crippen molar-refractivity contribution in [3.63, 3.8) is 0 Å². The highest BCUT2D eigenvalue weighted by Gasteiger charge is 2.27. The van der Waals surface area contributed by atoms with Crippen LogP contribution in [-0.2, 0) is 0 Å². The standard InChI is InChI=1S/C14H18IN3O3/c1-9-4-3-5-10(2)17(9)16-14(19)12-8-11(18(20)21)6-7-13(12)15/h6-10H,3-5H2,1-2H3,(H,16,19). The fourth-order valence-electron chi connectivity index (χ4n) is 2.62. The van der Waals surface area contributed by atoms with Crippen LogP contribution in [0.3, 0.4) is 0 Å². The molecular formula is C14H18IN3O3. The Labute approximate surface area is 137 Å². The van der Waals surface area contributed by atoms with E-state index in [1.807, 2.05) is 27.6 Å². The number of hydrazine groups is 1. The fourth-order valence-corrected chi connectivity index (χ4v) is 3.20. The molecule has 0 aliphatic carbocycles. The molecule has 2 unspecified atom stereocenters. The molecule has 6 nitrogen and oxygen atoms in total. The number of halogens is 1. The van der Waals surface area contributed by atoms with Crippen molar-refractivity contribution < 1.29 is 9.72 Å². The molecule has 114 valence electrons. The van der Waals surface area contributed by atoms with E-state index >= 15 is 0 Å². The van der Waals surface area contributed by atoms with Crippen molar-refractivity contribution in [3.05, 3.63) is 37.4 Å². The van der Waals surface area contributed by atoms with Crippen molar-refractivity contribution in [1.29, 1.82) is 0 Å². The van der Waals surface area contributed by atoms with Crippen molar-refractivity contribution in [2.24, 2.45) is 0 Å². The largest absolute Gasteiger partial charge is 0.284 e. The molecule has 1 saturated heterocycles. The Kier molecular flexibility index (Phi) is 5.15. The minimum atomic E-state index is -0.487. The number of rotatable bonds is 3. The smallest absolute Gasteiger partial charge is 0.270 e. The van der Waals surface area contributed by atoms with Crippen LogP contribution in [0.4, 0.5) is 5.69 Å². The number of carbonyl (C=O) groups is 1. The summed E-state index contributed by atoms with van der Waals surface area (Å²) >= 11 is 2.02. The van der Waals surface area contributed by atoms with Gasteiger partial charge in [-0.2, -0.15) is 0 Å². The molecule has 21 heavy (non-hydrogen) atoms. The van der Waals surface area contributed by atoms with Crippen LogP contribution in [0.1, 0.15) is 43.5 Å². The molecule has 1 heterocycles. The molecule has 2 rings (SSSR count). The highest BCUT2D eigenvalue weighted by atomic mass is 127. The number of amides is 1. The molecule has 0 bridgehead atoms. The first-order valence-electron chi connectivity index (χ1n) is 6.93. The van der Waals surface area contributed by atoms with Crippen LogP contribution in [0, 0.1) is 13.7 Å². The molecule has 0 spiro atoms. The summed E-state index contributed by atoms with van der Waals surface area (Å²) in [5.41, 5.74) is 3.18. The summed E-state index contributed by atoms with van der Waals surface area (Å²) in [6, 6.07) is 4.88. The minimum absolute atomic E-state index is 0.0692. The third-order valence-electron chi connectivity index (χ3n) is 3.83. The molecule has 0 aromatic heterocycles. The van der Waals surface area contributed by atoms with Crippen LogP contribution in [0.2, 0.25) is 0 Å². The Morgan fingerprint density at radius 1 is 1.38 bits per heavy atom. The molecule has 0 saturated carbocycles. The second kappa shape index (κ2) is 6.69. The first-order chi connectivity index (χ1) is 9.90. The molecular weight excluding hydrogens is 385 g/mol. The van der Waals surface area contributed by atoms with Gasteiger partial charge >= 0.3 is 0 Å². The number of hydrogen-bond donors (Lipinski definition) is 1. The summed E-state index contributed by atoms with van der Waals surface area (Å²) < 4.78 is 0.702. The SMILES string of the molecule is CC1CCCC(C)N1NC(=O)c1cc([N+](=O)[O-])ccc1I. The Bertz CT molecular complexity index is 554. The fraction of sp³-hybridized carbons (Fsp3) is 0.500. The van der Waals surface area contributed by atoms with E-state index in [4.69, 9.17) is 0 Å². The lowest BCUT2D eigenvalue weighted by Gasteiger charge is -2.38. The van der Waals surface area contributed by atoms with Gasteiger partial charge in [0, 0.05) is 27.8 Å². The zero-order chi connectivity index (χ0) is 15.6. The molecule has 1 aliphatic heterocycles. The summed E-state index contributed by atoms with van der Waals surface area (Å²) in [5, 5.41) is 12.8. The van der Waals surface area contributed by atoms with Crippen LogP contribution in [0.5, 0.6) is 0 Å². The van der Waals surface area contributed by atoms with Gasteiger partial charge in [-0.15, -0.1) is 0 Å². The van der Waals surface area contributed by atoms with Crippen molar-refractivity contribution in [1.82, 2.24) is 10.4 Å². The van der Waals surface area contributed by atoms with Gasteiger partial charge < -0.3 is 0 Å². The van der Waals surface area contributed by atoms with Crippen LogP contribution < -0.4 is 5.43 Å². The topological polar surface area (TPSA) is 75.5 Å². The number of non-ortho nitro benzene ring substituents is 1. The van der Waals surface area contributed by atoms with Crippen molar-refractivity contribution >= 4 is 34.2 Å². The maximum Gasteiger partial charge on any atom is 0.270 e. The lowest BCUT2D eigenvalue weighted by atomic mass is 10.00. The average molecular weight is 403 g/mol. The molecule has 1 amide bonds. The Balaban J connectivity index is 2.20. The van der Waals surface area contributed by atoms with Gasteiger partial charge in [-0.25, -0.2) is 5.01 Å². The van der Waals surface area contributed by atoms with Crippen LogP contribution in [0.25, 0.3) is 0 Å². The van der Waals surface area contributed by atoms with Gasteiger partial charge in [-0.1, -0.05) is 6.42 Å². The summed E-state index contributed by atoms with van der Waals surface area (Å²) in [4.78, 5) is 22.8. The quantitative estimate of drug-likeness (QED) is 0.478.